The second-order valence-electron chi connectivity index (χ2n) is 11.5. The van der Waals surface area contributed by atoms with Crippen molar-refractivity contribution < 1.29 is 34.8 Å². The van der Waals surface area contributed by atoms with Crippen molar-refractivity contribution in [1.29, 1.82) is 0 Å². The molecule has 1 aromatic carbocycles. The predicted octanol–water partition coefficient (Wildman–Crippen LogP) is 4.93. The van der Waals surface area contributed by atoms with Gasteiger partial charge < -0.3 is 20.4 Å². The van der Waals surface area contributed by atoms with Crippen LogP contribution in [0.2, 0.25) is 0 Å². The number of aliphatic hydroxyl groups excluding tert-OH is 2. The van der Waals surface area contributed by atoms with Crippen molar-refractivity contribution in [2.75, 3.05) is 13.2 Å². The first-order chi connectivity index (χ1) is 19.1. The second-order valence-corrected chi connectivity index (χ2v) is 11.5. The number of para-hydroxylation sites is 1. The molecule has 1 aliphatic heterocycles. The van der Waals surface area contributed by atoms with Crippen LogP contribution >= 0.6 is 0 Å². The van der Waals surface area contributed by atoms with Crippen LogP contribution in [0.15, 0.2) is 41.0 Å². The van der Waals surface area contributed by atoms with Gasteiger partial charge in [0.1, 0.15) is 5.75 Å². The number of allylic oxidation sites excluding steroid dienone is 2. The Kier molecular flexibility index (Phi) is 11.5. The Bertz CT molecular complexity index is 1120. The number of carboxylic acids is 1. The lowest BCUT2D eigenvalue weighted by molar-refractivity contribution is -0.141. The molecule has 0 bridgehead atoms. The van der Waals surface area contributed by atoms with Gasteiger partial charge in [-0.05, 0) is 56.1 Å². The minimum absolute atomic E-state index is 0.0412. The number of carboxylic acid groups (broad SMARTS) is 1. The minimum atomic E-state index is -0.868. The van der Waals surface area contributed by atoms with Crippen molar-refractivity contribution in [2.45, 2.75) is 84.7 Å². The van der Waals surface area contributed by atoms with Crippen molar-refractivity contribution in [3.8, 4) is 5.75 Å². The van der Waals surface area contributed by atoms with E-state index < -0.39 is 29.8 Å². The summed E-state index contributed by atoms with van der Waals surface area (Å²) in [5.74, 6) is -3.02. The zero-order chi connectivity index (χ0) is 29.4. The Labute approximate surface area is 237 Å². The third-order valence-corrected chi connectivity index (χ3v) is 8.34. The molecule has 0 radical (unpaired) electrons. The number of amides is 2. The first-order valence-electron chi connectivity index (χ1n) is 14.7. The molecule has 1 saturated heterocycles. The zero-order valence-electron chi connectivity index (χ0n) is 24.0. The number of benzene rings is 1. The summed E-state index contributed by atoms with van der Waals surface area (Å²) in [4.78, 5) is 38.9. The second kappa shape index (κ2) is 14.6. The van der Waals surface area contributed by atoms with Gasteiger partial charge in [0.15, 0.2) is 0 Å². The number of aromatic hydroxyl groups is 1. The van der Waals surface area contributed by atoms with E-state index in [2.05, 4.69) is 6.92 Å². The van der Waals surface area contributed by atoms with Crippen LogP contribution in [0.4, 0.5) is 0 Å². The Balaban J connectivity index is 1.79. The average Bonchev–Trinajstić information content (AvgIpc) is 3.15. The number of phenols is 1. The van der Waals surface area contributed by atoms with Gasteiger partial charge in [0, 0.05) is 24.4 Å². The van der Waals surface area contributed by atoms with Gasteiger partial charge in [0.05, 0.1) is 24.5 Å². The highest BCUT2D eigenvalue weighted by Crippen LogP contribution is 2.48. The molecular formula is C32H45NO7. The van der Waals surface area contributed by atoms with Gasteiger partial charge in [-0.15, -0.1) is 0 Å². The summed E-state index contributed by atoms with van der Waals surface area (Å²) in [6.45, 7) is 6.02. The van der Waals surface area contributed by atoms with Crippen LogP contribution in [0.5, 0.6) is 5.75 Å². The maximum absolute atomic E-state index is 13.5. The van der Waals surface area contributed by atoms with Crippen molar-refractivity contribution in [2.24, 2.45) is 23.7 Å². The average molecular weight is 556 g/mol. The highest BCUT2D eigenvalue weighted by Gasteiger charge is 2.54. The summed E-state index contributed by atoms with van der Waals surface area (Å²) in [6.07, 6.45) is 5.93. The molecular weight excluding hydrogens is 510 g/mol. The van der Waals surface area contributed by atoms with E-state index in [-0.39, 0.29) is 43.1 Å². The summed E-state index contributed by atoms with van der Waals surface area (Å²) in [7, 11) is 0. The van der Waals surface area contributed by atoms with Crippen LogP contribution in [0.3, 0.4) is 0 Å². The predicted molar refractivity (Wildman–Crippen MR) is 153 cm³/mol. The molecule has 4 N–H and O–H groups in total. The number of rotatable bonds is 15. The largest absolute Gasteiger partial charge is 0.507 e. The molecule has 4 atom stereocenters. The van der Waals surface area contributed by atoms with Gasteiger partial charge in [-0.1, -0.05) is 69.0 Å². The van der Waals surface area contributed by atoms with E-state index in [0.717, 1.165) is 29.6 Å². The molecule has 220 valence electrons. The Morgan fingerprint density at radius 1 is 1.07 bits per heavy atom. The summed E-state index contributed by atoms with van der Waals surface area (Å²) < 4.78 is 0. The quantitative estimate of drug-likeness (QED) is 0.137. The van der Waals surface area contributed by atoms with Crippen LogP contribution in [-0.4, -0.2) is 62.4 Å². The fourth-order valence-electron chi connectivity index (χ4n) is 6.35. The van der Waals surface area contributed by atoms with E-state index in [4.69, 9.17) is 5.11 Å². The molecule has 2 aliphatic rings. The number of likely N-dealkylation sites (tertiary alicyclic amines) is 1. The topological polar surface area (TPSA) is 135 Å². The first-order valence-corrected chi connectivity index (χ1v) is 14.7. The molecule has 0 saturated carbocycles. The van der Waals surface area contributed by atoms with Crippen molar-refractivity contribution in [3.63, 3.8) is 0 Å². The molecule has 0 aromatic heterocycles. The summed E-state index contributed by atoms with van der Waals surface area (Å²) in [6, 6.07) is 7.14. The number of unbranched alkanes of at least 4 members (excludes halogenated alkanes) is 2. The molecule has 3 rings (SSSR count). The van der Waals surface area contributed by atoms with Gasteiger partial charge >= 0.3 is 5.97 Å². The number of carbonyl (C=O) groups is 3. The maximum Gasteiger partial charge on any atom is 0.303 e. The first kappa shape index (κ1) is 31.6. The normalized spacial score (nSPS) is 22.3. The van der Waals surface area contributed by atoms with Crippen LogP contribution < -0.4 is 0 Å². The summed E-state index contributed by atoms with van der Waals surface area (Å²) >= 11 is 0. The number of nitrogens with zero attached hydrogens (tertiary/aromatic N) is 1. The highest BCUT2D eigenvalue weighted by atomic mass is 16.4. The number of phenolic OH excluding ortho intramolecular Hbond substituents is 1. The van der Waals surface area contributed by atoms with Crippen molar-refractivity contribution in [1.82, 2.24) is 4.90 Å². The minimum Gasteiger partial charge on any atom is -0.507 e. The molecule has 1 aliphatic carbocycles. The van der Waals surface area contributed by atoms with E-state index in [1.807, 2.05) is 32.1 Å². The number of fused-ring (bicyclic) bond motifs is 1. The Morgan fingerprint density at radius 2 is 1.80 bits per heavy atom. The molecule has 0 spiro atoms. The van der Waals surface area contributed by atoms with Crippen LogP contribution in [0.1, 0.15) is 84.1 Å². The number of aliphatic hydroxyl groups is 2. The number of hydrogen-bond acceptors (Lipinski definition) is 6. The molecule has 1 heterocycles. The lowest BCUT2D eigenvalue weighted by Gasteiger charge is -2.38. The molecule has 0 unspecified atom stereocenters. The van der Waals surface area contributed by atoms with Crippen LogP contribution in [0.25, 0.3) is 6.08 Å². The van der Waals surface area contributed by atoms with E-state index in [1.54, 1.807) is 12.1 Å². The van der Waals surface area contributed by atoms with Crippen LogP contribution in [-0.2, 0) is 14.4 Å². The van der Waals surface area contributed by atoms with Gasteiger partial charge in [-0.2, -0.15) is 0 Å². The summed E-state index contributed by atoms with van der Waals surface area (Å²) in [5.41, 5.74) is 3.47. The monoisotopic (exact) mass is 555 g/mol. The summed E-state index contributed by atoms with van der Waals surface area (Å²) in [5, 5.41) is 41.1. The number of carbonyl (C=O) groups excluding carboxylic acids is 2. The van der Waals surface area contributed by atoms with E-state index >= 15 is 0 Å². The lowest BCUT2D eigenvalue weighted by atomic mass is 9.66. The van der Waals surface area contributed by atoms with Gasteiger partial charge in [-0.3, -0.25) is 19.3 Å². The van der Waals surface area contributed by atoms with E-state index in [0.29, 0.717) is 44.1 Å². The van der Waals surface area contributed by atoms with Crippen LogP contribution in [0, 0.1) is 23.7 Å². The third kappa shape index (κ3) is 7.40. The Hall–Kier alpha value is -2.97. The Morgan fingerprint density at radius 3 is 2.42 bits per heavy atom. The van der Waals surface area contributed by atoms with E-state index in [1.165, 1.54) is 4.90 Å². The van der Waals surface area contributed by atoms with Crippen molar-refractivity contribution in [3.05, 3.63) is 46.5 Å². The number of imide groups is 1. The van der Waals surface area contributed by atoms with Gasteiger partial charge in [0.25, 0.3) is 0 Å². The maximum atomic E-state index is 13.5. The fourth-order valence-corrected chi connectivity index (χ4v) is 6.35. The van der Waals surface area contributed by atoms with E-state index in [9.17, 15) is 29.7 Å². The third-order valence-electron chi connectivity index (χ3n) is 8.34. The van der Waals surface area contributed by atoms with Crippen molar-refractivity contribution >= 4 is 23.9 Å². The smallest absolute Gasteiger partial charge is 0.303 e. The number of hydrogen-bond donors (Lipinski definition) is 4. The standard InChI is InChI=1S/C32H45NO7/c1-4-10-21(17-22-11-7-8-12-26(22)35)14-15-27(36)29-23(20(2)3)18-24-30(25(29)19-34)32(40)33(31(24)39)16-9-5-6-13-28(37)38/h7-8,11-12,17,20,24-25,27,30,34-36H,4-6,9-10,13-16,18-19H2,1-3H3,(H,37,38)/b21-17+/t24-,25+,27-,30-/m1/s1. The molecule has 1 aromatic rings. The van der Waals surface area contributed by atoms with Gasteiger partial charge in [0.2, 0.25) is 11.8 Å². The molecule has 8 heteroatoms. The lowest BCUT2D eigenvalue weighted by Crippen LogP contribution is -2.40. The zero-order valence-corrected chi connectivity index (χ0v) is 24.0. The molecule has 2 amide bonds. The molecule has 1 fully saturated rings. The fraction of sp³-hybridized carbons (Fsp3) is 0.594. The highest BCUT2D eigenvalue weighted by molar-refractivity contribution is 6.05. The SMILES string of the molecule is CCC/C(=C\c1ccccc1O)CC[C@@H](O)C1=C(C(C)C)C[C@H]2C(=O)N(CCCCCC(=O)O)C(=O)[C@H]2[C@H]1CO. The molecule has 8 nitrogen and oxygen atoms in total. The molecule has 40 heavy (non-hydrogen) atoms. The van der Waals surface area contributed by atoms with Gasteiger partial charge in [-0.25, -0.2) is 0 Å². The number of aliphatic carboxylic acids is 1.